The van der Waals surface area contributed by atoms with E-state index in [1.165, 1.54) is 11.3 Å². The summed E-state index contributed by atoms with van der Waals surface area (Å²) >= 11 is 1.36. The number of carbonyl (C=O) groups is 3. The van der Waals surface area contributed by atoms with Gasteiger partial charge in [-0.05, 0) is 48.3 Å². The Balaban J connectivity index is 1.25. The summed E-state index contributed by atoms with van der Waals surface area (Å²) < 4.78 is 0. The van der Waals surface area contributed by atoms with Gasteiger partial charge < -0.3 is 15.1 Å². The average molecular weight is 436 g/mol. The molecule has 1 aromatic carbocycles. The Hall–Kier alpha value is -3.11. The molecule has 2 aliphatic heterocycles. The van der Waals surface area contributed by atoms with Crippen LogP contribution in [0.1, 0.15) is 34.5 Å². The Bertz CT molecular complexity index is 1000. The molecule has 1 aromatic heterocycles. The number of thiophene rings is 1. The predicted octanol–water partition coefficient (Wildman–Crippen LogP) is 2.37. The predicted molar refractivity (Wildman–Crippen MR) is 119 cm³/mol. The highest BCUT2D eigenvalue weighted by Crippen LogP contribution is 2.40. The zero-order valence-electron chi connectivity index (χ0n) is 17.3. The first-order valence-corrected chi connectivity index (χ1v) is 11.4. The summed E-state index contributed by atoms with van der Waals surface area (Å²) in [5.41, 5.74) is 0.900. The second-order valence-electron chi connectivity index (χ2n) is 8.13. The molecule has 6 nitrogen and oxygen atoms in total. The number of nitrogens with zero attached hydrogens (tertiary/aromatic N) is 2. The minimum atomic E-state index is -0.208. The molecule has 2 aromatic rings. The molecule has 2 saturated heterocycles. The van der Waals surface area contributed by atoms with Crippen molar-refractivity contribution in [3.05, 3.63) is 58.3 Å². The van der Waals surface area contributed by atoms with Gasteiger partial charge in [-0.1, -0.05) is 30.2 Å². The van der Waals surface area contributed by atoms with Crippen molar-refractivity contribution < 1.29 is 14.4 Å². The summed E-state index contributed by atoms with van der Waals surface area (Å²) in [4.78, 5) is 41.3. The molecular weight excluding hydrogens is 410 g/mol. The molecule has 1 spiro atoms. The Morgan fingerprint density at radius 2 is 1.68 bits per heavy atom. The van der Waals surface area contributed by atoms with Crippen LogP contribution in [-0.4, -0.2) is 60.2 Å². The molecule has 31 heavy (non-hydrogen) atoms. The molecule has 0 radical (unpaired) electrons. The van der Waals surface area contributed by atoms with Gasteiger partial charge in [0.2, 0.25) is 5.91 Å². The van der Waals surface area contributed by atoms with Gasteiger partial charge in [-0.15, -0.1) is 11.3 Å². The quantitative estimate of drug-likeness (QED) is 0.753. The molecular formula is C24H25N3O3S. The highest BCUT2D eigenvalue weighted by atomic mass is 32.1. The normalized spacial score (nSPS) is 17.2. The van der Waals surface area contributed by atoms with E-state index in [0.717, 1.165) is 24.8 Å². The molecule has 4 rings (SSSR count). The van der Waals surface area contributed by atoms with E-state index in [-0.39, 0.29) is 29.7 Å². The van der Waals surface area contributed by atoms with E-state index in [1.54, 1.807) is 6.07 Å². The van der Waals surface area contributed by atoms with Gasteiger partial charge in [0.15, 0.2) is 0 Å². The molecule has 3 amide bonds. The minimum absolute atomic E-state index is 0.0203. The van der Waals surface area contributed by atoms with Crippen LogP contribution in [0, 0.1) is 17.3 Å². The summed E-state index contributed by atoms with van der Waals surface area (Å²) in [6.45, 7) is 2.75. The summed E-state index contributed by atoms with van der Waals surface area (Å²) in [7, 11) is 0. The summed E-state index contributed by atoms with van der Waals surface area (Å²) in [6, 6.07) is 13.1. The molecule has 0 saturated carbocycles. The monoisotopic (exact) mass is 435 g/mol. The highest BCUT2D eigenvalue weighted by molar-refractivity contribution is 7.12. The number of nitrogens with one attached hydrogen (secondary N) is 1. The highest BCUT2D eigenvalue weighted by Gasteiger charge is 2.42. The number of likely N-dealkylation sites (tertiary alicyclic amines) is 2. The first kappa shape index (κ1) is 21.1. The van der Waals surface area contributed by atoms with Crippen molar-refractivity contribution in [3.63, 3.8) is 0 Å². The second-order valence-corrected chi connectivity index (χ2v) is 9.08. The van der Waals surface area contributed by atoms with Crippen LogP contribution in [0.15, 0.2) is 47.8 Å². The third kappa shape index (κ3) is 5.15. The van der Waals surface area contributed by atoms with E-state index < -0.39 is 0 Å². The molecule has 2 aliphatic rings. The van der Waals surface area contributed by atoms with Crippen LogP contribution in [-0.2, 0) is 9.59 Å². The second kappa shape index (κ2) is 9.36. The van der Waals surface area contributed by atoms with Crippen molar-refractivity contribution in [2.75, 3.05) is 32.7 Å². The Kier molecular flexibility index (Phi) is 6.38. The molecule has 160 valence electrons. The maximum absolute atomic E-state index is 12.6. The maximum Gasteiger partial charge on any atom is 0.298 e. The van der Waals surface area contributed by atoms with E-state index in [1.807, 2.05) is 51.6 Å². The third-order valence-corrected chi connectivity index (χ3v) is 7.00. The molecule has 7 heteroatoms. The molecule has 3 heterocycles. The van der Waals surface area contributed by atoms with E-state index >= 15 is 0 Å². The Morgan fingerprint density at radius 1 is 0.968 bits per heavy atom. The van der Waals surface area contributed by atoms with Gasteiger partial charge in [-0.2, -0.15) is 0 Å². The number of hydrogen-bond donors (Lipinski definition) is 1. The summed E-state index contributed by atoms with van der Waals surface area (Å²) in [6.07, 6.45) is 2.68. The number of piperidine rings is 1. The standard InChI is InChI=1S/C24H25N3O3S/c28-21(9-8-19-5-2-1-3-6-19)26-13-10-24(11-14-26)12-15-27(18-24)22(29)17-25-23(30)20-7-4-16-31-20/h1-7,16H,10-15,17-18H2,(H,25,30). The van der Waals surface area contributed by atoms with E-state index in [4.69, 9.17) is 0 Å². The number of amides is 3. The topological polar surface area (TPSA) is 69.7 Å². The van der Waals surface area contributed by atoms with Crippen LogP contribution >= 0.6 is 11.3 Å². The molecule has 1 N–H and O–H groups in total. The minimum Gasteiger partial charge on any atom is -0.342 e. The van der Waals surface area contributed by atoms with Crippen LogP contribution in [0.2, 0.25) is 0 Å². The molecule has 2 fully saturated rings. The lowest BCUT2D eigenvalue weighted by Crippen LogP contribution is -2.45. The zero-order chi connectivity index (χ0) is 21.7. The largest absolute Gasteiger partial charge is 0.342 e. The number of hydrogen-bond acceptors (Lipinski definition) is 4. The van der Waals surface area contributed by atoms with Crippen molar-refractivity contribution >= 4 is 29.1 Å². The van der Waals surface area contributed by atoms with Crippen LogP contribution in [0.5, 0.6) is 0 Å². The van der Waals surface area contributed by atoms with Gasteiger partial charge in [-0.3, -0.25) is 14.4 Å². The summed E-state index contributed by atoms with van der Waals surface area (Å²) in [5.74, 6) is 5.28. The smallest absolute Gasteiger partial charge is 0.298 e. The van der Waals surface area contributed by atoms with Crippen LogP contribution in [0.4, 0.5) is 0 Å². The van der Waals surface area contributed by atoms with Gasteiger partial charge in [0.25, 0.3) is 11.8 Å². The lowest BCUT2D eigenvalue weighted by molar-refractivity contribution is -0.131. The lowest BCUT2D eigenvalue weighted by atomic mass is 9.78. The maximum atomic E-state index is 12.6. The fourth-order valence-corrected chi connectivity index (χ4v) is 4.87. The van der Waals surface area contributed by atoms with Crippen molar-refractivity contribution in [1.82, 2.24) is 15.1 Å². The molecule has 0 bridgehead atoms. The van der Waals surface area contributed by atoms with E-state index in [2.05, 4.69) is 17.2 Å². The van der Waals surface area contributed by atoms with E-state index in [0.29, 0.717) is 31.1 Å². The fourth-order valence-electron chi connectivity index (χ4n) is 4.23. The Labute approximate surface area is 186 Å². The van der Waals surface area contributed by atoms with Crippen LogP contribution in [0.25, 0.3) is 0 Å². The van der Waals surface area contributed by atoms with Crippen LogP contribution < -0.4 is 5.32 Å². The SMILES string of the molecule is O=C(NCC(=O)N1CCC2(CCN(C(=O)C#Cc3ccccc3)CC2)C1)c1cccs1. The number of carbonyl (C=O) groups excluding carboxylic acids is 3. The van der Waals surface area contributed by atoms with Gasteiger partial charge in [0.05, 0.1) is 11.4 Å². The Morgan fingerprint density at radius 3 is 2.35 bits per heavy atom. The zero-order valence-corrected chi connectivity index (χ0v) is 18.1. The van der Waals surface area contributed by atoms with Gasteiger partial charge in [0.1, 0.15) is 0 Å². The van der Waals surface area contributed by atoms with Gasteiger partial charge >= 0.3 is 0 Å². The van der Waals surface area contributed by atoms with Crippen molar-refractivity contribution in [2.24, 2.45) is 5.41 Å². The third-order valence-electron chi connectivity index (χ3n) is 6.14. The van der Waals surface area contributed by atoms with E-state index in [9.17, 15) is 14.4 Å². The first-order chi connectivity index (χ1) is 15.0. The lowest BCUT2D eigenvalue weighted by Gasteiger charge is -2.38. The van der Waals surface area contributed by atoms with Crippen LogP contribution in [0.3, 0.4) is 0 Å². The molecule has 0 aliphatic carbocycles. The first-order valence-electron chi connectivity index (χ1n) is 10.5. The molecule has 0 unspecified atom stereocenters. The van der Waals surface area contributed by atoms with Gasteiger partial charge in [-0.25, -0.2) is 0 Å². The molecule has 0 atom stereocenters. The van der Waals surface area contributed by atoms with Crippen molar-refractivity contribution in [1.29, 1.82) is 0 Å². The van der Waals surface area contributed by atoms with Gasteiger partial charge in [0, 0.05) is 37.7 Å². The van der Waals surface area contributed by atoms with Crippen molar-refractivity contribution in [2.45, 2.75) is 19.3 Å². The number of benzene rings is 1. The van der Waals surface area contributed by atoms with Crippen molar-refractivity contribution in [3.8, 4) is 11.8 Å². The number of rotatable bonds is 3. The summed E-state index contributed by atoms with van der Waals surface area (Å²) in [5, 5.41) is 4.55. The fraction of sp³-hybridized carbons (Fsp3) is 0.375. The average Bonchev–Trinajstić information content (AvgIpc) is 3.48.